The van der Waals surface area contributed by atoms with Gasteiger partial charge < -0.3 is 4.98 Å². The van der Waals surface area contributed by atoms with Gasteiger partial charge in [0.15, 0.2) is 0 Å². The summed E-state index contributed by atoms with van der Waals surface area (Å²) in [4.78, 5) is 3.69. The maximum absolute atomic E-state index is 4.16. The Labute approximate surface area is 164 Å². The molecule has 1 atom stereocenters. The molecule has 0 amide bonds. The largest absolute Gasteiger partial charge is 0.354 e. The molecule has 1 heterocycles. The molecule has 0 radical (unpaired) electrons. The van der Waals surface area contributed by atoms with E-state index in [1.807, 2.05) is 12.1 Å². The van der Waals surface area contributed by atoms with Crippen LogP contribution in [0.15, 0.2) is 79.4 Å². The number of rotatable bonds is 4. The van der Waals surface area contributed by atoms with Crippen molar-refractivity contribution in [1.29, 1.82) is 0 Å². The van der Waals surface area contributed by atoms with E-state index in [2.05, 4.69) is 97.3 Å². The zero-order valence-electron chi connectivity index (χ0n) is 15.2. The van der Waals surface area contributed by atoms with E-state index in [9.17, 15) is 0 Å². The van der Waals surface area contributed by atoms with E-state index in [0.717, 1.165) is 33.1 Å². The van der Waals surface area contributed by atoms with Gasteiger partial charge in [-0.15, -0.1) is 18.1 Å². The number of nitrogens with one attached hydrogen (secondary N) is 1. The van der Waals surface area contributed by atoms with Crippen LogP contribution in [0.25, 0.3) is 38.6 Å². The first-order valence-electron chi connectivity index (χ1n) is 8.87. The maximum Gasteiger partial charge on any atom is 0.0538 e. The second-order valence-corrected chi connectivity index (χ2v) is 8.15. The van der Waals surface area contributed by atoms with Gasteiger partial charge in [0.2, 0.25) is 0 Å². The molecule has 1 aromatic heterocycles. The molecule has 4 aromatic rings. The van der Waals surface area contributed by atoms with Gasteiger partial charge in [0.25, 0.3) is 0 Å². The van der Waals surface area contributed by atoms with Crippen LogP contribution >= 0.6 is 18.1 Å². The van der Waals surface area contributed by atoms with E-state index in [0.29, 0.717) is 0 Å². The smallest absolute Gasteiger partial charge is 0.0538 e. The van der Waals surface area contributed by atoms with Crippen LogP contribution in [0.2, 0.25) is 0 Å². The summed E-state index contributed by atoms with van der Waals surface area (Å²) in [5.74, 6) is 0. The molecule has 4 rings (SSSR count). The summed E-state index contributed by atoms with van der Waals surface area (Å²) in [6.07, 6.45) is 0. The van der Waals surface area contributed by atoms with Crippen molar-refractivity contribution < 1.29 is 0 Å². The van der Waals surface area contributed by atoms with Gasteiger partial charge in [0.05, 0.1) is 11.4 Å². The highest BCUT2D eigenvalue weighted by Crippen LogP contribution is 2.39. The Balaban J connectivity index is 2.11. The lowest BCUT2D eigenvalue weighted by Crippen LogP contribution is -1.95. The molecule has 1 N–H and O–H groups in total. The molecule has 3 aromatic carbocycles. The fourth-order valence-corrected chi connectivity index (χ4v) is 3.96. The number of fused-ring (bicyclic) bond motifs is 1. The minimum Gasteiger partial charge on any atom is -0.354 e. The van der Waals surface area contributed by atoms with Crippen molar-refractivity contribution in [2.45, 2.75) is 6.92 Å². The van der Waals surface area contributed by atoms with Crippen molar-refractivity contribution in [2.75, 3.05) is 0 Å². The highest BCUT2D eigenvalue weighted by molar-refractivity contribution is 7.31. The molecular weight excluding hydrogens is 364 g/mol. The summed E-state index contributed by atoms with van der Waals surface area (Å²) in [5, 5.41) is 4.49. The summed E-state index contributed by atoms with van der Waals surface area (Å²) in [5.41, 5.74) is 6.93. The van der Waals surface area contributed by atoms with E-state index < -0.39 is 0 Å². The fourth-order valence-electron chi connectivity index (χ4n) is 3.51. The van der Waals surface area contributed by atoms with E-state index >= 15 is 0 Å². The molecule has 0 fully saturated rings. The Morgan fingerprint density at radius 3 is 1.67 bits per heavy atom. The van der Waals surface area contributed by atoms with Crippen molar-refractivity contribution >= 4 is 39.5 Å². The van der Waals surface area contributed by atoms with E-state index in [4.69, 9.17) is 0 Å². The molecule has 0 bridgehead atoms. The van der Waals surface area contributed by atoms with Gasteiger partial charge in [-0.2, -0.15) is 0 Å². The number of hydrogen-bond acceptors (Lipinski definition) is 0. The first-order valence-corrected chi connectivity index (χ1v) is 9.95. The van der Waals surface area contributed by atoms with Crippen molar-refractivity contribution in [2.24, 2.45) is 0 Å². The minimum atomic E-state index is 0.978. The van der Waals surface area contributed by atoms with Crippen LogP contribution < -0.4 is 0 Å². The van der Waals surface area contributed by atoms with Crippen LogP contribution in [0, 0.1) is 0 Å². The Morgan fingerprint density at radius 1 is 0.815 bits per heavy atom. The van der Waals surface area contributed by atoms with Gasteiger partial charge >= 0.3 is 0 Å². The number of H-pyrrole nitrogens is 1. The van der Waals surface area contributed by atoms with Crippen molar-refractivity contribution in [1.82, 2.24) is 4.98 Å². The third kappa shape index (κ3) is 3.30. The second-order valence-electron chi connectivity index (χ2n) is 6.70. The first kappa shape index (κ1) is 17.9. The molecule has 0 spiro atoms. The Bertz CT molecular complexity index is 1060. The van der Waals surface area contributed by atoms with E-state index in [1.165, 1.54) is 21.9 Å². The highest BCUT2D eigenvalue weighted by Gasteiger charge is 2.17. The lowest BCUT2D eigenvalue weighted by molar-refractivity contribution is 1.40. The average Bonchev–Trinajstić information content (AvgIpc) is 3.07. The summed E-state index contributed by atoms with van der Waals surface area (Å²) in [6.45, 7) is 6.23. The summed E-state index contributed by atoms with van der Waals surface area (Å²) in [6, 6.07) is 25.5. The normalized spacial score (nSPS) is 10.9. The third-order valence-corrected chi connectivity index (χ3v) is 5.40. The summed E-state index contributed by atoms with van der Waals surface area (Å²) in [7, 11) is 6.47. The van der Waals surface area contributed by atoms with Gasteiger partial charge in [-0.05, 0) is 51.9 Å². The average molecular weight is 385 g/mol. The fraction of sp³-hybridized carbons (Fsp3) is 0.0417. The quantitative estimate of drug-likeness (QED) is 0.363. The molecule has 0 aliphatic rings. The lowest BCUT2D eigenvalue weighted by Gasteiger charge is -2.11. The van der Waals surface area contributed by atoms with Crippen molar-refractivity contribution in [3.8, 4) is 22.5 Å². The maximum atomic E-state index is 4.16. The highest BCUT2D eigenvalue weighted by atomic mass is 31.0. The number of hydrogen-bond donors (Lipinski definition) is 1. The van der Waals surface area contributed by atoms with E-state index in [1.54, 1.807) is 0 Å². The summed E-state index contributed by atoms with van der Waals surface area (Å²) >= 11 is 0. The predicted molar refractivity (Wildman–Crippen MR) is 126 cm³/mol. The standard InChI is InChI=1S/C24H21NP2/c1-15(26)19-13-21-22(14-20(19)16(2)27)24(18-11-7-4-8-12-18)25-23(21)17-9-5-3-6-10-17/h3-14,25,27H,1,26H2,2H3. The summed E-state index contributed by atoms with van der Waals surface area (Å²) < 4.78 is 0. The van der Waals surface area contributed by atoms with Crippen LogP contribution in [0.3, 0.4) is 0 Å². The van der Waals surface area contributed by atoms with Gasteiger partial charge in [-0.1, -0.05) is 67.2 Å². The number of aromatic nitrogens is 1. The van der Waals surface area contributed by atoms with Crippen LogP contribution in [0.5, 0.6) is 0 Å². The minimum absolute atomic E-state index is 0.978. The van der Waals surface area contributed by atoms with Crippen LogP contribution in [0.1, 0.15) is 18.1 Å². The first-order chi connectivity index (χ1) is 13.1. The molecule has 1 nitrogen and oxygen atoms in total. The molecule has 0 saturated heterocycles. The van der Waals surface area contributed by atoms with Gasteiger partial charge in [0.1, 0.15) is 0 Å². The third-order valence-electron chi connectivity index (χ3n) is 4.82. The lowest BCUT2D eigenvalue weighted by atomic mass is 9.96. The molecule has 27 heavy (non-hydrogen) atoms. The van der Waals surface area contributed by atoms with Crippen LogP contribution in [0.4, 0.5) is 0 Å². The number of aromatic amines is 1. The zero-order valence-corrected chi connectivity index (χ0v) is 17.4. The monoisotopic (exact) mass is 385 g/mol. The predicted octanol–water partition coefficient (Wildman–Crippen LogP) is 7.03. The van der Waals surface area contributed by atoms with Gasteiger partial charge in [0, 0.05) is 10.8 Å². The molecule has 3 heteroatoms. The van der Waals surface area contributed by atoms with Gasteiger partial charge in [-0.25, -0.2) is 0 Å². The van der Waals surface area contributed by atoms with Crippen molar-refractivity contribution in [3.05, 3.63) is 90.5 Å². The number of benzene rings is 3. The molecule has 0 aliphatic carbocycles. The molecule has 132 valence electrons. The zero-order chi connectivity index (χ0) is 19.0. The van der Waals surface area contributed by atoms with Crippen LogP contribution in [-0.4, -0.2) is 10.3 Å². The SMILES string of the molecule is C=C(P)c1cc2c(-c3ccccc3)[nH]c(-c3ccccc3)c2cc1C(C)=P. The molecular formula is C24H21NP2. The van der Waals surface area contributed by atoms with Gasteiger partial charge in [-0.3, -0.25) is 0 Å². The van der Waals surface area contributed by atoms with E-state index in [-0.39, 0.29) is 0 Å². The molecule has 0 saturated carbocycles. The molecule has 0 aliphatic heterocycles. The topological polar surface area (TPSA) is 15.8 Å². The van der Waals surface area contributed by atoms with Crippen molar-refractivity contribution in [3.63, 3.8) is 0 Å². The Hall–Kier alpha value is -2.46. The second kappa shape index (κ2) is 7.28. The molecule has 1 unspecified atom stereocenters. The Kier molecular flexibility index (Phi) is 4.83. The Morgan fingerprint density at radius 2 is 1.26 bits per heavy atom. The van der Waals surface area contributed by atoms with Crippen LogP contribution in [-0.2, 0) is 0 Å².